The molecule has 0 N–H and O–H groups in total. The molecule has 0 radical (unpaired) electrons. The van der Waals surface area contributed by atoms with Gasteiger partial charge in [0.2, 0.25) is 0 Å². The molecule has 7 nitrogen and oxygen atoms in total. The predicted octanol–water partition coefficient (Wildman–Crippen LogP) is 5.96. The molecule has 0 unspecified atom stereocenters. The molecular weight excluding hydrogens is 495 g/mol. The van der Waals surface area contributed by atoms with Crippen molar-refractivity contribution in [3.05, 3.63) is 75.9 Å². The lowest BCUT2D eigenvalue weighted by Gasteiger charge is -2.23. The average molecular weight is 524 g/mol. The highest BCUT2D eigenvalue weighted by Gasteiger charge is 2.39. The van der Waals surface area contributed by atoms with Crippen molar-refractivity contribution in [2.24, 2.45) is 5.92 Å². The molecule has 198 valence electrons. The first-order chi connectivity index (χ1) is 18.1. The van der Waals surface area contributed by atoms with E-state index >= 15 is 0 Å². The Kier molecular flexibility index (Phi) is 6.36. The van der Waals surface area contributed by atoms with Crippen LogP contribution in [0.5, 0.6) is 5.75 Å². The Morgan fingerprint density at radius 2 is 1.97 bits per heavy atom. The largest absolute Gasteiger partial charge is 0.497 e. The number of fused-ring (bicyclic) bond motifs is 1. The predicted molar refractivity (Wildman–Crippen MR) is 139 cm³/mol. The Labute approximate surface area is 217 Å². The molecule has 10 heteroatoms. The van der Waals surface area contributed by atoms with Gasteiger partial charge in [0.1, 0.15) is 11.6 Å². The van der Waals surface area contributed by atoms with Crippen molar-refractivity contribution in [3.8, 4) is 16.9 Å². The summed E-state index contributed by atoms with van der Waals surface area (Å²) >= 11 is 0. The van der Waals surface area contributed by atoms with Crippen LogP contribution in [-0.2, 0) is 12.7 Å². The van der Waals surface area contributed by atoms with Crippen molar-refractivity contribution in [1.29, 1.82) is 0 Å². The number of methoxy groups -OCH3 is 1. The smallest absolute Gasteiger partial charge is 0.435 e. The zero-order valence-electron chi connectivity index (χ0n) is 21.6. The number of nitrogens with zero attached hydrogens (tertiary/aromatic N) is 5. The van der Waals surface area contributed by atoms with Crippen molar-refractivity contribution in [2.45, 2.75) is 52.4 Å². The third-order valence-corrected chi connectivity index (χ3v) is 7.16. The Hall–Kier alpha value is -3.95. The monoisotopic (exact) mass is 523 g/mol. The molecule has 0 spiro atoms. The first-order valence-electron chi connectivity index (χ1n) is 12.4. The fraction of sp³-hybridized carbons (Fsp3) is 0.357. The average Bonchev–Trinajstić information content (AvgIpc) is 3.62. The Balaban J connectivity index is 1.84. The highest BCUT2D eigenvalue weighted by atomic mass is 19.4. The summed E-state index contributed by atoms with van der Waals surface area (Å²) in [5, 5.41) is 4.03. The van der Waals surface area contributed by atoms with E-state index in [9.17, 15) is 18.0 Å². The summed E-state index contributed by atoms with van der Waals surface area (Å²) in [4.78, 5) is 23.6. The maximum Gasteiger partial charge on any atom is 0.435 e. The van der Waals surface area contributed by atoms with Crippen LogP contribution in [0.2, 0.25) is 0 Å². The first kappa shape index (κ1) is 25.7. The Morgan fingerprint density at radius 3 is 2.58 bits per heavy atom. The Bertz CT molecular complexity index is 1620. The first-order valence-corrected chi connectivity index (χ1v) is 12.4. The number of hydrogen-bond donors (Lipinski definition) is 0. The number of pyridine rings is 1. The van der Waals surface area contributed by atoms with Crippen LogP contribution in [0.4, 0.5) is 13.2 Å². The number of hydrogen-bond acceptors (Lipinski definition) is 5. The van der Waals surface area contributed by atoms with Gasteiger partial charge in [0.15, 0.2) is 5.69 Å². The maximum absolute atomic E-state index is 14.3. The lowest BCUT2D eigenvalue weighted by Crippen LogP contribution is -2.31. The molecule has 38 heavy (non-hydrogen) atoms. The molecule has 4 aromatic rings. The number of rotatable bonds is 7. The van der Waals surface area contributed by atoms with Crippen molar-refractivity contribution < 1.29 is 17.9 Å². The summed E-state index contributed by atoms with van der Waals surface area (Å²) in [6.45, 7) is 9.28. The van der Waals surface area contributed by atoms with Crippen molar-refractivity contribution >= 4 is 17.0 Å². The second-order valence-corrected chi connectivity index (χ2v) is 9.55. The highest BCUT2D eigenvalue weighted by molar-refractivity contribution is 5.98. The van der Waals surface area contributed by atoms with Crippen LogP contribution in [0.3, 0.4) is 0 Å². The van der Waals surface area contributed by atoms with E-state index in [1.165, 1.54) is 10.9 Å². The van der Waals surface area contributed by atoms with Gasteiger partial charge in [-0.3, -0.25) is 19.0 Å². The minimum absolute atomic E-state index is 0.121. The van der Waals surface area contributed by atoms with Crippen molar-refractivity contribution in [1.82, 2.24) is 24.3 Å². The second kappa shape index (κ2) is 9.41. The molecule has 1 atom stereocenters. The van der Waals surface area contributed by atoms with Crippen LogP contribution in [0.15, 0.2) is 42.0 Å². The van der Waals surface area contributed by atoms with Crippen LogP contribution < -0.4 is 10.3 Å². The van der Waals surface area contributed by atoms with E-state index < -0.39 is 11.9 Å². The van der Waals surface area contributed by atoms with Crippen LogP contribution >= 0.6 is 0 Å². The van der Waals surface area contributed by atoms with E-state index in [0.29, 0.717) is 28.4 Å². The second-order valence-electron chi connectivity index (χ2n) is 9.55. The van der Waals surface area contributed by atoms with E-state index in [2.05, 4.69) is 16.7 Å². The molecule has 5 rings (SSSR count). The van der Waals surface area contributed by atoms with E-state index in [0.717, 1.165) is 12.8 Å². The third-order valence-electron chi connectivity index (χ3n) is 7.16. The minimum Gasteiger partial charge on any atom is -0.497 e. The van der Waals surface area contributed by atoms with Crippen LogP contribution in [0, 0.1) is 19.8 Å². The molecule has 3 heterocycles. The van der Waals surface area contributed by atoms with Crippen molar-refractivity contribution in [2.75, 3.05) is 7.11 Å². The quantitative estimate of drug-likeness (QED) is 0.299. The zero-order valence-corrected chi connectivity index (χ0v) is 21.6. The SMILES string of the molecule is C=Cc1cc(-c2cn(CC)nc2C(F)(F)F)c2nc(C)n([C@H](c3cc(OC)ccn3)C3CC3)c(=O)c2c1C. The van der Waals surface area contributed by atoms with E-state index in [1.807, 2.05) is 6.07 Å². The van der Waals surface area contributed by atoms with Gasteiger partial charge in [-0.1, -0.05) is 12.7 Å². The molecule has 1 aliphatic rings. The number of alkyl halides is 3. The minimum atomic E-state index is -4.68. The molecule has 3 aromatic heterocycles. The van der Waals surface area contributed by atoms with Gasteiger partial charge in [-0.25, -0.2) is 4.98 Å². The van der Waals surface area contributed by atoms with Gasteiger partial charge in [0.25, 0.3) is 5.56 Å². The topological polar surface area (TPSA) is 74.8 Å². The van der Waals surface area contributed by atoms with E-state index in [4.69, 9.17) is 9.72 Å². The number of aryl methyl sites for hydroxylation is 3. The van der Waals surface area contributed by atoms with Crippen LogP contribution in [0.25, 0.3) is 28.1 Å². The Morgan fingerprint density at radius 1 is 1.24 bits per heavy atom. The van der Waals surface area contributed by atoms with Gasteiger partial charge in [0.05, 0.1) is 29.7 Å². The van der Waals surface area contributed by atoms with Gasteiger partial charge in [-0.2, -0.15) is 18.3 Å². The molecule has 0 amide bonds. The summed E-state index contributed by atoms with van der Waals surface area (Å²) in [6.07, 6.45) is 1.71. The van der Waals surface area contributed by atoms with Gasteiger partial charge in [-0.15, -0.1) is 0 Å². The third kappa shape index (κ3) is 4.27. The fourth-order valence-electron chi connectivity index (χ4n) is 5.10. The zero-order chi connectivity index (χ0) is 27.4. The standard InChI is InChI=1S/C28H28F3N5O2/c1-6-17-12-20(21-14-35(7-2)34-26(21)28(29,30)31)24-23(15(17)3)27(37)36(16(4)33-24)25(18-8-9-18)22-13-19(38-5)10-11-32-22/h6,10-14,18,25H,1,7-9H2,2-5H3/t25-/m0/s1. The summed E-state index contributed by atoms with van der Waals surface area (Å²) in [7, 11) is 1.57. The van der Waals surface area contributed by atoms with Gasteiger partial charge < -0.3 is 4.74 Å². The summed E-state index contributed by atoms with van der Waals surface area (Å²) < 4.78 is 50.3. The fourth-order valence-corrected chi connectivity index (χ4v) is 5.10. The molecule has 1 saturated carbocycles. The van der Waals surface area contributed by atoms with E-state index in [-0.39, 0.29) is 46.1 Å². The maximum atomic E-state index is 14.3. The molecule has 1 fully saturated rings. The van der Waals surface area contributed by atoms with Gasteiger partial charge >= 0.3 is 6.18 Å². The molecule has 0 aliphatic heterocycles. The number of halogens is 3. The normalized spacial score (nSPS) is 14.6. The summed E-state index contributed by atoms with van der Waals surface area (Å²) in [5.41, 5.74) is 0.788. The summed E-state index contributed by atoms with van der Waals surface area (Å²) in [5.74, 6) is 1.21. The highest BCUT2D eigenvalue weighted by Crippen LogP contribution is 2.44. The molecule has 0 bridgehead atoms. The summed E-state index contributed by atoms with van der Waals surface area (Å²) in [6, 6.07) is 4.78. The lowest BCUT2D eigenvalue weighted by molar-refractivity contribution is -0.141. The number of aromatic nitrogens is 5. The molecular formula is C28H28F3N5O2. The van der Waals surface area contributed by atoms with E-state index in [1.54, 1.807) is 56.9 Å². The molecule has 1 aliphatic carbocycles. The van der Waals surface area contributed by atoms with Crippen LogP contribution in [0.1, 0.15) is 54.1 Å². The van der Waals surface area contributed by atoms with Crippen LogP contribution in [-0.4, -0.2) is 31.4 Å². The number of benzene rings is 1. The molecule has 0 saturated heterocycles. The number of ether oxygens (including phenoxy) is 1. The van der Waals surface area contributed by atoms with Gasteiger partial charge in [-0.05, 0) is 62.8 Å². The lowest BCUT2D eigenvalue weighted by atomic mass is 9.94. The molecule has 1 aromatic carbocycles. The van der Waals surface area contributed by atoms with Gasteiger partial charge in [0, 0.05) is 36.1 Å². The van der Waals surface area contributed by atoms with Crippen molar-refractivity contribution in [3.63, 3.8) is 0 Å².